The predicted molar refractivity (Wildman–Crippen MR) is 155 cm³/mol. The first-order valence-electron chi connectivity index (χ1n) is 13.1. The number of hydrogen-bond donors (Lipinski definition) is 1. The second kappa shape index (κ2) is 10.6. The number of nitrogens with zero attached hydrogens (tertiary/aromatic N) is 3. The molecule has 6 heterocycles. The van der Waals surface area contributed by atoms with Gasteiger partial charge in [-0.3, -0.25) is 0 Å². The highest BCUT2D eigenvalue weighted by atomic mass is 32.1. The number of rotatable bonds is 8. The van der Waals surface area contributed by atoms with Gasteiger partial charge in [-0.2, -0.15) is 0 Å². The van der Waals surface area contributed by atoms with Crippen LogP contribution >= 0.6 is 22.7 Å². The van der Waals surface area contributed by atoms with Crippen molar-refractivity contribution in [3.63, 3.8) is 0 Å². The van der Waals surface area contributed by atoms with Crippen molar-refractivity contribution in [3.8, 4) is 46.8 Å². The van der Waals surface area contributed by atoms with Gasteiger partial charge in [0.05, 0.1) is 5.52 Å². The first kappa shape index (κ1) is 25.0. The number of nitrogens with one attached hydrogen (secondary N) is 1. The Morgan fingerprint density at radius 3 is 1.98 bits per heavy atom. The van der Waals surface area contributed by atoms with Crippen molar-refractivity contribution >= 4 is 44.5 Å². The topological polar surface area (TPSA) is 119 Å². The number of aromatic amines is 1. The van der Waals surface area contributed by atoms with Gasteiger partial charge in [-0.05, 0) is 18.2 Å². The Kier molecular flexibility index (Phi) is 6.30. The SMILES string of the molecule is c1ccc2c(c1)[nH]c1cc(Oc3nc(OCC4COc5cscc5O4)nc(OCC4COc5cscc5O4)n3)ccc12. The number of benzene rings is 2. The van der Waals surface area contributed by atoms with Gasteiger partial charge >= 0.3 is 18.0 Å². The van der Waals surface area contributed by atoms with Gasteiger partial charge in [-0.25, -0.2) is 0 Å². The molecule has 11 nitrogen and oxygen atoms in total. The highest BCUT2D eigenvalue weighted by molar-refractivity contribution is 7.08. The van der Waals surface area contributed by atoms with Crippen molar-refractivity contribution in [2.45, 2.75) is 12.2 Å². The van der Waals surface area contributed by atoms with Crippen LogP contribution in [-0.4, -0.2) is 58.6 Å². The summed E-state index contributed by atoms with van der Waals surface area (Å²) in [4.78, 5) is 16.5. The average Bonchev–Trinajstić information content (AvgIpc) is 3.76. The van der Waals surface area contributed by atoms with Crippen LogP contribution in [0.4, 0.5) is 0 Å². The monoisotopic (exact) mass is 602 g/mol. The summed E-state index contributed by atoms with van der Waals surface area (Å²) in [5, 5.41) is 9.81. The molecule has 0 saturated heterocycles. The van der Waals surface area contributed by atoms with Crippen LogP contribution in [0.1, 0.15) is 0 Å². The highest BCUT2D eigenvalue weighted by Gasteiger charge is 2.25. The molecule has 0 spiro atoms. The molecule has 2 aliphatic rings. The molecule has 0 saturated carbocycles. The van der Waals surface area contributed by atoms with Gasteiger partial charge < -0.3 is 38.1 Å². The normalized spacial score (nSPS) is 17.3. The fourth-order valence-electron chi connectivity index (χ4n) is 4.72. The molecule has 0 amide bonds. The highest BCUT2D eigenvalue weighted by Crippen LogP contribution is 2.36. The van der Waals surface area contributed by atoms with E-state index < -0.39 is 0 Å². The second-order valence-corrected chi connectivity index (χ2v) is 11.1. The van der Waals surface area contributed by atoms with E-state index in [4.69, 9.17) is 33.2 Å². The van der Waals surface area contributed by atoms with E-state index in [2.05, 4.69) is 26.0 Å². The molecule has 0 fully saturated rings. The second-order valence-electron chi connectivity index (χ2n) is 9.59. The van der Waals surface area contributed by atoms with Gasteiger partial charge in [0.15, 0.2) is 35.2 Å². The molecule has 212 valence electrons. The minimum Gasteiger partial charge on any atom is -0.485 e. The van der Waals surface area contributed by atoms with Crippen molar-refractivity contribution in [2.75, 3.05) is 26.4 Å². The Morgan fingerprint density at radius 1 is 0.690 bits per heavy atom. The maximum atomic E-state index is 6.07. The zero-order valence-corrected chi connectivity index (χ0v) is 23.5. The van der Waals surface area contributed by atoms with Crippen LogP contribution in [0, 0.1) is 0 Å². The number of ether oxygens (including phenoxy) is 7. The van der Waals surface area contributed by atoms with Crippen molar-refractivity contribution in [2.24, 2.45) is 0 Å². The van der Waals surface area contributed by atoms with E-state index in [0.29, 0.717) is 30.5 Å². The molecule has 4 aromatic heterocycles. The van der Waals surface area contributed by atoms with Crippen molar-refractivity contribution in [1.82, 2.24) is 19.9 Å². The van der Waals surface area contributed by atoms with Gasteiger partial charge in [-0.1, -0.05) is 18.2 Å². The van der Waals surface area contributed by atoms with Crippen molar-refractivity contribution in [1.29, 1.82) is 0 Å². The van der Waals surface area contributed by atoms with Crippen LogP contribution in [0.5, 0.6) is 46.8 Å². The smallest absolute Gasteiger partial charge is 0.331 e. The largest absolute Gasteiger partial charge is 0.485 e. The van der Waals surface area contributed by atoms with Crippen LogP contribution in [0.25, 0.3) is 21.8 Å². The lowest BCUT2D eigenvalue weighted by atomic mass is 10.1. The molecule has 6 aromatic rings. The van der Waals surface area contributed by atoms with Gasteiger partial charge in [0.1, 0.15) is 32.2 Å². The van der Waals surface area contributed by atoms with Crippen molar-refractivity contribution in [3.05, 3.63) is 64.0 Å². The summed E-state index contributed by atoms with van der Waals surface area (Å²) in [5.41, 5.74) is 1.98. The van der Waals surface area contributed by atoms with Crippen LogP contribution < -0.4 is 33.2 Å². The van der Waals surface area contributed by atoms with E-state index in [9.17, 15) is 0 Å². The number of H-pyrrole nitrogens is 1. The summed E-state index contributed by atoms with van der Waals surface area (Å²) in [6.07, 6.45) is -0.677. The summed E-state index contributed by atoms with van der Waals surface area (Å²) in [6.45, 7) is 0.991. The molecule has 2 aromatic carbocycles. The van der Waals surface area contributed by atoms with E-state index in [1.54, 1.807) is 0 Å². The minimum absolute atomic E-state index is 0.0207. The summed E-state index contributed by atoms with van der Waals surface area (Å²) >= 11 is 3.03. The van der Waals surface area contributed by atoms with Crippen molar-refractivity contribution < 1.29 is 33.2 Å². The lowest BCUT2D eigenvalue weighted by Crippen LogP contribution is -2.35. The molecule has 0 bridgehead atoms. The molecule has 2 atom stereocenters. The molecule has 13 heteroatoms. The third kappa shape index (κ3) is 4.97. The van der Waals surface area contributed by atoms with Crippen LogP contribution in [0.3, 0.4) is 0 Å². The Bertz CT molecular complexity index is 1810. The van der Waals surface area contributed by atoms with E-state index in [0.717, 1.165) is 33.3 Å². The zero-order valence-electron chi connectivity index (χ0n) is 21.8. The lowest BCUT2D eigenvalue weighted by Gasteiger charge is -2.24. The predicted octanol–water partition coefficient (Wildman–Crippen LogP) is 5.86. The van der Waals surface area contributed by atoms with Crippen LogP contribution in [-0.2, 0) is 0 Å². The third-order valence-electron chi connectivity index (χ3n) is 6.68. The molecular weight excluding hydrogens is 580 g/mol. The summed E-state index contributed by atoms with van der Waals surface area (Å²) < 4.78 is 41.3. The lowest BCUT2D eigenvalue weighted by molar-refractivity contribution is 0.0466. The Hall–Kier alpha value is -4.75. The van der Waals surface area contributed by atoms with Gasteiger partial charge in [0, 0.05) is 43.9 Å². The number of hydrogen-bond acceptors (Lipinski definition) is 12. The molecular formula is C29H22N4O7S2. The molecule has 2 aliphatic heterocycles. The first-order chi connectivity index (χ1) is 20.7. The van der Waals surface area contributed by atoms with Crippen LogP contribution in [0.15, 0.2) is 64.0 Å². The molecule has 2 unspecified atom stereocenters. The van der Waals surface area contributed by atoms with E-state index in [-0.39, 0.29) is 43.5 Å². The summed E-state index contributed by atoms with van der Waals surface area (Å²) in [7, 11) is 0. The van der Waals surface area contributed by atoms with E-state index >= 15 is 0 Å². The van der Waals surface area contributed by atoms with E-state index in [1.165, 1.54) is 22.7 Å². The molecule has 42 heavy (non-hydrogen) atoms. The number of para-hydroxylation sites is 1. The Morgan fingerprint density at radius 2 is 1.29 bits per heavy atom. The number of fused-ring (bicyclic) bond motifs is 5. The van der Waals surface area contributed by atoms with Crippen LogP contribution in [0.2, 0.25) is 0 Å². The molecule has 0 aliphatic carbocycles. The fourth-order valence-corrected chi connectivity index (χ4v) is 6.06. The maximum absolute atomic E-state index is 6.07. The molecule has 0 radical (unpaired) electrons. The first-order valence-corrected chi connectivity index (χ1v) is 15.0. The van der Waals surface area contributed by atoms with E-state index in [1.807, 2.05) is 57.9 Å². The molecule has 8 rings (SSSR count). The average molecular weight is 603 g/mol. The third-order valence-corrected chi connectivity index (χ3v) is 8.08. The minimum atomic E-state index is -0.338. The quantitative estimate of drug-likeness (QED) is 0.227. The molecule has 1 N–H and O–H groups in total. The number of aromatic nitrogens is 4. The Balaban J connectivity index is 1.02. The summed E-state index contributed by atoms with van der Waals surface area (Å²) in [5.74, 6) is 3.40. The van der Waals surface area contributed by atoms with Gasteiger partial charge in [0.25, 0.3) is 0 Å². The fraction of sp³-hybridized carbons (Fsp3) is 0.207. The Labute approximate surface area is 246 Å². The number of thiophene rings is 2. The maximum Gasteiger partial charge on any atom is 0.331 e. The zero-order chi connectivity index (χ0) is 27.9. The summed E-state index contributed by atoms with van der Waals surface area (Å²) in [6, 6.07) is 14.0. The van der Waals surface area contributed by atoms with Gasteiger partial charge in [0.2, 0.25) is 0 Å². The van der Waals surface area contributed by atoms with Gasteiger partial charge in [-0.15, -0.1) is 37.6 Å². The standard InChI is InChI=1S/C29H22N4O7S2/c1-2-4-21-19(3-1)20-6-5-16(7-22(20)30-21)40-29-32-27(36-10-17-8-34-23-12-41-14-25(23)38-17)31-28(33-29)37-11-18-9-35-24-13-42-15-26(24)39-18/h1-7,12-15,17-18,30H,8-11H2.